The van der Waals surface area contributed by atoms with Crippen LogP contribution in [-0.4, -0.2) is 21.0 Å². The molecule has 108 valence electrons. The Balaban J connectivity index is 2.10. The largest absolute Gasteiger partial charge is 0.478 e. The highest BCUT2D eigenvalue weighted by molar-refractivity contribution is 5.85. The van der Waals surface area contributed by atoms with Crippen LogP contribution in [0.25, 0.3) is 6.08 Å². The van der Waals surface area contributed by atoms with Crippen LogP contribution in [0.15, 0.2) is 42.7 Å². The number of benzene rings is 1. The molecule has 5 heteroatoms. The van der Waals surface area contributed by atoms with E-state index in [4.69, 9.17) is 9.84 Å². The van der Waals surface area contributed by atoms with Crippen molar-refractivity contribution in [2.75, 3.05) is 0 Å². The first-order valence-corrected chi connectivity index (χ1v) is 6.55. The molecule has 2 rings (SSSR count). The van der Waals surface area contributed by atoms with Gasteiger partial charge < -0.3 is 9.84 Å². The van der Waals surface area contributed by atoms with E-state index in [1.165, 1.54) is 24.0 Å². The van der Waals surface area contributed by atoms with Crippen molar-refractivity contribution in [1.29, 1.82) is 0 Å². The van der Waals surface area contributed by atoms with Gasteiger partial charge in [-0.15, -0.1) is 0 Å². The summed E-state index contributed by atoms with van der Waals surface area (Å²) in [6.07, 6.45) is 5.47. The quantitative estimate of drug-likeness (QED) is 0.851. The van der Waals surface area contributed by atoms with E-state index in [1.54, 1.807) is 0 Å². The topological polar surface area (TPSA) is 72.3 Å². The van der Waals surface area contributed by atoms with Gasteiger partial charge in [-0.1, -0.05) is 26.0 Å². The Bertz CT molecular complexity index is 649. The van der Waals surface area contributed by atoms with Crippen LogP contribution in [0, 0.1) is 0 Å². The van der Waals surface area contributed by atoms with Gasteiger partial charge in [0, 0.05) is 24.0 Å². The molecule has 0 aliphatic heterocycles. The Kier molecular flexibility index (Phi) is 4.66. The molecule has 0 unspecified atom stereocenters. The first-order valence-electron chi connectivity index (χ1n) is 6.55. The third-order valence-electron chi connectivity index (χ3n) is 2.80. The molecular weight excluding hydrogens is 268 g/mol. The van der Waals surface area contributed by atoms with Crippen molar-refractivity contribution >= 4 is 12.0 Å². The van der Waals surface area contributed by atoms with Crippen molar-refractivity contribution in [3.8, 4) is 11.8 Å². The third kappa shape index (κ3) is 4.42. The Hall–Kier alpha value is -2.69. The van der Waals surface area contributed by atoms with Gasteiger partial charge in [-0.3, -0.25) is 0 Å². The monoisotopic (exact) mass is 284 g/mol. The first kappa shape index (κ1) is 14.7. The van der Waals surface area contributed by atoms with Gasteiger partial charge in [0.2, 0.25) is 0 Å². The second kappa shape index (κ2) is 6.65. The van der Waals surface area contributed by atoms with Crippen LogP contribution in [0.5, 0.6) is 11.8 Å². The van der Waals surface area contributed by atoms with E-state index in [0.29, 0.717) is 17.2 Å². The number of aliphatic carboxylic acids is 1. The van der Waals surface area contributed by atoms with Crippen molar-refractivity contribution < 1.29 is 14.6 Å². The van der Waals surface area contributed by atoms with Crippen LogP contribution in [0.1, 0.15) is 30.9 Å². The molecule has 0 radical (unpaired) electrons. The average molecular weight is 284 g/mol. The minimum Gasteiger partial charge on any atom is -0.478 e. The predicted molar refractivity (Wildman–Crippen MR) is 79.3 cm³/mol. The molecule has 21 heavy (non-hydrogen) atoms. The second-order valence-corrected chi connectivity index (χ2v) is 4.80. The summed E-state index contributed by atoms with van der Waals surface area (Å²) in [6.45, 7) is 4.22. The first-order chi connectivity index (χ1) is 10.0. The number of carboxylic acids is 1. The maximum atomic E-state index is 10.4. The van der Waals surface area contributed by atoms with Crippen LogP contribution in [0.2, 0.25) is 0 Å². The summed E-state index contributed by atoms with van der Waals surface area (Å²) in [4.78, 5) is 18.5. The van der Waals surface area contributed by atoms with Crippen molar-refractivity contribution in [3.05, 3.63) is 53.9 Å². The number of hydrogen-bond donors (Lipinski definition) is 1. The molecule has 2 aromatic rings. The second-order valence-electron chi connectivity index (χ2n) is 4.80. The molecule has 0 spiro atoms. The van der Waals surface area contributed by atoms with Crippen LogP contribution in [0.4, 0.5) is 0 Å². The van der Waals surface area contributed by atoms with Crippen LogP contribution >= 0.6 is 0 Å². The standard InChI is InChI=1S/C16H16N2O3/c1-11(2)13-4-3-5-14(8-13)21-16-17-9-12(10-18-16)6-7-15(19)20/h3-11H,1-2H3,(H,19,20)/b7-6+. The summed E-state index contributed by atoms with van der Waals surface area (Å²) >= 11 is 0. The minimum absolute atomic E-state index is 0.225. The Morgan fingerprint density at radius 3 is 2.62 bits per heavy atom. The fourth-order valence-corrected chi connectivity index (χ4v) is 1.68. The maximum Gasteiger partial charge on any atom is 0.328 e. The summed E-state index contributed by atoms with van der Waals surface area (Å²) in [5, 5.41) is 8.54. The Morgan fingerprint density at radius 1 is 1.29 bits per heavy atom. The number of aromatic nitrogens is 2. The molecule has 0 saturated carbocycles. The molecule has 1 aromatic carbocycles. The van der Waals surface area contributed by atoms with E-state index in [0.717, 1.165) is 6.08 Å². The predicted octanol–water partition coefficient (Wildman–Crippen LogP) is 3.49. The Labute approximate surface area is 122 Å². The van der Waals surface area contributed by atoms with E-state index < -0.39 is 5.97 Å². The summed E-state index contributed by atoms with van der Waals surface area (Å²) in [7, 11) is 0. The molecule has 5 nitrogen and oxygen atoms in total. The molecule has 0 bridgehead atoms. The number of rotatable bonds is 5. The SMILES string of the molecule is CC(C)c1cccc(Oc2ncc(/C=C/C(=O)O)cn2)c1. The summed E-state index contributed by atoms with van der Waals surface area (Å²) in [5.74, 6) is 0.0776. The zero-order valence-electron chi connectivity index (χ0n) is 11.9. The highest BCUT2D eigenvalue weighted by Gasteiger charge is 2.04. The average Bonchev–Trinajstić information content (AvgIpc) is 2.47. The number of nitrogens with zero attached hydrogens (tertiary/aromatic N) is 2. The van der Waals surface area contributed by atoms with Crippen molar-refractivity contribution in [2.24, 2.45) is 0 Å². The maximum absolute atomic E-state index is 10.4. The summed E-state index contributed by atoms with van der Waals surface area (Å²) in [5.41, 5.74) is 1.77. The minimum atomic E-state index is -1.01. The number of carboxylic acid groups (broad SMARTS) is 1. The lowest BCUT2D eigenvalue weighted by Gasteiger charge is -2.08. The molecule has 1 aromatic heterocycles. The molecule has 0 fully saturated rings. The number of ether oxygens (including phenoxy) is 1. The number of hydrogen-bond acceptors (Lipinski definition) is 4. The molecule has 1 heterocycles. The molecule has 0 saturated heterocycles. The van der Waals surface area contributed by atoms with Gasteiger partial charge in [0.25, 0.3) is 0 Å². The lowest BCUT2D eigenvalue weighted by molar-refractivity contribution is -0.131. The number of carbonyl (C=O) groups is 1. The molecule has 0 aliphatic carbocycles. The lowest BCUT2D eigenvalue weighted by Crippen LogP contribution is -1.94. The van der Waals surface area contributed by atoms with E-state index in [1.807, 2.05) is 24.3 Å². The van der Waals surface area contributed by atoms with Gasteiger partial charge >= 0.3 is 12.0 Å². The fourth-order valence-electron chi connectivity index (χ4n) is 1.68. The highest BCUT2D eigenvalue weighted by atomic mass is 16.5. The molecule has 1 N–H and O–H groups in total. The van der Waals surface area contributed by atoms with E-state index >= 15 is 0 Å². The fraction of sp³-hybridized carbons (Fsp3) is 0.188. The van der Waals surface area contributed by atoms with Gasteiger partial charge in [0.1, 0.15) is 5.75 Å². The Morgan fingerprint density at radius 2 is 2.00 bits per heavy atom. The van der Waals surface area contributed by atoms with E-state index in [9.17, 15) is 4.79 Å². The van der Waals surface area contributed by atoms with Crippen LogP contribution < -0.4 is 4.74 Å². The molecule has 0 aliphatic rings. The van der Waals surface area contributed by atoms with Gasteiger partial charge in [0.05, 0.1) is 0 Å². The van der Waals surface area contributed by atoms with Gasteiger partial charge in [-0.2, -0.15) is 0 Å². The summed E-state index contributed by atoms with van der Waals surface area (Å²) < 4.78 is 5.59. The summed E-state index contributed by atoms with van der Waals surface area (Å²) in [6, 6.07) is 7.98. The molecule has 0 amide bonds. The zero-order chi connectivity index (χ0) is 15.2. The van der Waals surface area contributed by atoms with Crippen molar-refractivity contribution in [3.63, 3.8) is 0 Å². The molecule has 0 atom stereocenters. The lowest BCUT2D eigenvalue weighted by atomic mass is 10.0. The van der Waals surface area contributed by atoms with E-state index in [-0.39, 0.29) is 6.01 Å². The van der Waals surface area contributed by atoms with Crippen molar-refractivity contribution in [2.45, 2.75) is 19.8 Å². The van der Waals surface area contributed by atoms with E-state index in [2.05, 4.69) is 23.8 Å². The smallest absolute Gasteiger partial charge is 0.328 e. The van der Waals surface area contributed by atoms with Gasteiger partial charge in [-0.05, 0) is 29.7 Å². The van der Waals surface area contributed by atoms with Crippen molar-refractivity contribution in [1.82, 2.24) is 9.97 Å². The van der Waals surface area contributed by atoms with Crippen LogP contribution in [-0.2, 0) is 4.79 Å². The zero-order valence-corrected chi connectivity index (χ0v) is 11.9. The van der Waals surface area contributed by atoms with Crippen LogP contribution in [0.3, 0.4) is 0 Å². The highest BCUT2D eigenvalue weighted by Crippen LogP contribution is 2.23. The third-order valence-corrected chi connectivity index (χ3v) is 2.80. The molecular formula is C16H16N2O3. The van der Waals surface area contributed by atoms with Gasteiger partial charge in [0.15, 0.2) is 0 Å². The normalized spacial score (nSPS) is 11.0. The van der Waals surface area contributed by atoms with Gasteiger partial charge in [-0.25, -0.2) is 14.8 Å².